The molecule has 1 aromatic heterocycles. The Morgan fingerprint density at radius 3 is 2.58 bits per heavy atom. The molecule has 0 radical (unpaired) electrons. The van der Waals surface area contributed by atoms with Crippen LogP contribution in [0.2, 0.25) is 0 Å². The summed E-state index contributed by atoms with van der Waals surface area (Å²) in [5.74, 6) is 0.785. The van der Waals surface area contributed by atoms with Crippen molar-refractivity contribution in [1.82, 2.24) is 9.97 Å². The molecule has 26 heavy (non-hydrogen) atoms. The van der Waals surface area contributed by atoms with Crippen LogP contribution in [0.25, 0.3) is 0 Å². The molecule has 0 bridgehead atoms. The van der Waals surface area contributed by atoms with Crippen molar-refractivity contribution in [3.05, 3.63) is 41.7 Å². The third-order valence-electron chi connectivity index (χ3n) is 4.00. The van der Waals surface area contributed by atoms with E-state index in [1.807, 2.05) is 0 Å². The van der Waals surface area contributed by atoms with Gasteiger partial charge in [0.15, 0.2) is 9.84 Å². The summed E-state index contributed by atoms with van der Waals surface area (Å²) in [6.45, 7) is 1.75. The number of aromatic nitrogens is 2. The molecule has 2 heterocycles. The van der Waals surface area contributed by atoms with E-state index in [2.05, 4.69) is 20.6 Å². The largest absolute Gasteiger partial charge is 0.497 e. The van der Waals surface area contributed by atoms with Crippen molar-refractivity contribution in [1.29, 1.82) is 0 Å². The first-order chi connectivity index (χ1) is 12.3. The van der Waals surface area contributed by atoms with E-state index in [9.17, 15) is 13.2 Å². The lowest BCUT2D eigenvalue weighted by atomic mass is 10.2. The normalized spacial score (nSPS) is 18.3. The number of hydrogen-bond acceptors (Lipinski definition) is 7. The highest BCUT2D eigenvalue weighted by Crippen LogP contribution is 2.18. The Labute approximate surface area is 151 Å². The Morgan fingerprint density at radius 1 is 1.23 bits per heavy atom. The van der Waals surface area contributed by atoms with E-state index < -0.39 is 9.84 Å². The van der Waals surface area contributed by atoms with Gasteiger partial charge in [0.2, 0.25) is 5.95 Å². The number of anilines is 2. The number of ether oxygens (including phenoxy) is 1. The fraction of sp³-hybridized carbons (Fsp3) is 0.353. The van der Waals surface area contributed by atoms with Gasteiger partial charge in [-0.15, -0.1) is 0 Å². The topological polar surface area (TPSA) is 110 Å². The predicted octanol–water partition coefficient (Wildman–Crippen LogP) is 1.64. The molecular formula is C17H20N4O4S. The molecule has 8 nitrogen and oxygen atoms in total. The van der Waals surface area contributed by atoms with Gasteiger partial charge in [-0.05, 0) is 43.7 Å². The first-order valence-corrected chi connectivity index (χ1v) is 9.95. The van der Waals surface area contributed by atoms with Crippen LogP contribution in [0, 0.1) is 6.92 Å². The number of carbonyl (C=O) groups is 1. The van der Waals surface area contributed by atoms with Gasteiger partial charge in [0.05, 0.1) is 18.6 Å². The van der Waals surface area contributed by atoms with Gasteiger partial charge in [-0.1, -0.05) is 0 Å². The summed E-state index contributed by atoms with van der Waals surface area (Å²) in [6.07, 6.45) is 0.507. The van der Waals surface area contributed by atoms with Crippen LogP contribution in [-0.2, 0) is 9.84 Å². The molecule has 3 rings (SSSR count). The summed E-state index contributed by atoms with van der Waals surface area (Å²) in [6, 6.07) is 8.29. The average molecular weight is 376 g/mol. The van der Waals surface area contributed by atoms with Gasteiger partial charge < -0.3 is 15.4 Å². The monoisotopic (exact) mass is 376 g/mol. The molecule has 1 aliphatic rings. The predicted molar refractivity (Wildman–Crippen MR) is 98.4 cm³/mol. The Hall–Kier alpha value is -2.68. The minimum absolute atomic E-state index is 0.0533. The molecule has 1 unspecified atom stereocenters. The van der Waals surface area contributed by atoms with Crippen LogP contribution in [0.5, 0.6) is 5.75 Å². The molecule has 0 spiro atoms. The van der Waals surface area contributed by atoms with Crippen LogP contribution in [0.4, 0.5) is 11.6 Å². The molecule has 1 aliphatic heterocycles. The Morgan fingerprint density at radius 2 is 1.96 bits per heavy atom. The fourth-order valence-electron chi connectivity index (χ4n) is 2.71. The molecule has 9 heteroatoms. The Balaban J connectivity index is 1.72. The highest BCUT2D eigenvalue weighted by atomic mass is 32.2. The molecule has 1 saturated heterocycles. The Bertz CT molecular complexity index is 913. The summed E-state index contributed by atoms with van der Waals surface area (Å²) >= 11 is 0. The zero-order chi connectivity index (χ0) is 18.7. The van der Waals surface area contributed by atoms with Gasteiger partial charge in [-0.2, -0.15) is 0 Å². The van der Waals surface area contributed by atoms with E-state index in [-0.39, 0.29) is 35.1 Å². The van der Waals surface area contributed by atoms with E-state index in [0.717, 1.165) is 0 Å². The van der Waals surface area contributed by atoms with E-state index >= 15 is 0 Å². The lowest BCUT2D eigenvalue weighted by Gasteiger charge is -2.12. The lowest BCUT2D eigenvalue weighted by Crippen LogP contribution is -2.23. The van der Waals surface area contributed by atoms with Crippen LogP contribution in [0.1, 0.15) is 22.6 Å². The smallest absolute Gasteiger partial charge is 0.274 e. The summed E-state index contributed by atoms with van der Waals surface area (Å²) in [5.41, 5.74) is 1.43. The van der Waals surface area contributed by atoms with E-state index in [1.54, 1.807) is 44.4 Å². The Kier molecular flexibility index (Phi) is 5.08. The van der Waals surface area contributed by atoms with Crippen molar-refractivity contribution in [2.45, 2.75) is 19.4 Å². The fourth-order valence-corrected chi connectivity index (χ4v) is 4.38. The van der Waals surface area contributed by atoms with E-state index in [4.69, 9.17) is 4.74 Å². The molecule has 1 aromatic carbocycles. The van der Waals surface area contributed by atoms with Crippen molar-refractivity contribution >= 4 is 27.4 Å². The maximum absolute atomic E-state index is 12.5. The van der Waals surface area contributed by atoms with Crippen molar-refractivity contribution in [3.8, 4) is 5.75 Å². The standard InChI is InChI=1S/C17H20N4O4S/c1-11-9-15(16(22)19-12-3-5-14(25-2)6-4-12)21-17(18-11)20-13-7-8-26(23,24)10-13/h3-6,9,13H,7-8,10H2,1-2H3,(H,19,22)(H,18,20,21). The number of rotatable bonds is 5. The van der Waals surface area contributed by atoms with Crippen molar-refractivity contribution in [3.63, 3.8) is 0 Å². The van der Waals surface area contributed by atoms with Crippen LogP contribution in [-0.4, -0.2) is 49.0 Å². The third kappa shape index (κ3) is 4.48. The van der Waals surface area contributed by atoms with Gasteiger partial charge in [0.1, 0.15) is 11.4 Å². The molecule has 138 valence electrons. The summed E-state index contributed by atoms with van der Waals surface area (Å²) in [5, 5.41) is 5.78. The number of benzene rings is 1. The molecule has 1 fully saturated rings. The molecule has 2 aromatic rings. The minimum atomic E-state index is -3.01. The molecule has 1 amide bonds. The zero-order valence-corrected chi connectivity index (χ0v) is 15.3. The van der Waals surface area contributed by atoms with Gasteiger partial charge >= 0.3 is 0 Å². The maximum Gasteiger partial charge on any atom is 0.274 e. The van der Waals surface area contributed by atoms with Gasteiger partial charge in [-0.25, -0.2) is 18.4 Å². The molecular weight excluding hydrogens is 356 g/mol. The number of amides is 1. The molecule has 0 saturated carbocycles. The quantitative estimate of drug-likeness (QED) is 0.816. The van der Waals surface area contributed by atoms with Crippen molar-refractivity contribution in [2.75, 3.05) is 29.2 Å². The van der Waals surface area contributed by atoms with E-state index in [0.29, 0.717) is 23.6 Å². The van der Waals surface area contributed by atoms with Crippen LogP contribution >= 0.6 is 0 Å². The summed E-state index contributed by atoms with van der Waals surface area (Å²) < 4.78 is 28.2. The van der Waals surface area contributed by atoms with Crippen LogP contribution in [0.15, 0.2) is 30.3 Å². The number of nitrogens with zero attached hydrogens (tertiary/aromatic N) is 2. The van der Waals surface area contributed by atoms with E-state index in [1.165, 1.54) is 0 Å². The SMILES string of the molecule is COc1ccc(NC(=O)c2cc(C)nc(NC3CCS(=O)(=O)C3)n2)cc1. The van der Waals surface area contributed by atoms with Gasteiger partial charge in [0, 0.05) is 17.4 Å². The number of methoxy groups -OCH3 is 1. The third-order valence-corrected chi connectivity index (χ3v) is 5.77. The number of nitrogens with one attached hydrogen (secondary N) is 2. The van der Waals surface area contributed by atoms with Crippen molar-refractivity contribution in [2.24, 2.45) is 0 Å². The first-order valence-electron chi connectivity index (χ1n) is 8.13. The zero-order valence-electron chi connectivity index (χ0n) is 14.5. The molecule has 0 aliphatic carbocycles. The maximum atomic E-state index is 12.5. The second-order valence-electron chi connectivity index (χ2n) is 6.15. The van der Waals surface area contributed by atoms with Gasteiger partial charge in [0.25, 0.3) is 5.91 Å². The highest BCUT2D eigenvalue weighted by molar-refractivity contribution is 7.91. The highest BCUT2D eigenvalue weighted by Gasteiger charge is 2.28. The first kappa shape index (κ1) is 18.1. The second-order valence-corrected chi connectivity index (χ2v) is 8.37. The van der Waals surface area contributed by atoms with Crippen LogP contribution in [0.3, 0.4) is 0 Å². The van der Waals surface area contributed by atoms with Gasteiger partial charge in [-0.3, -0.25) is 4.79 Å². The number of aryl methyl sites for hydroxylation is 1. The van der Waals surface area contributed by atoms with Crippen molar-refractivity contribution < 1.29 is 17.9 Å². The molecule has 2 N–H and O–H groups in total. The average Bonchev–Trinajstić information content (AvgIpc) is 2.93. The second kappa shape index (κ2) is 7.28. The number of sulfone groups is 1. The minimum Gasteiger partial charge on any atom is -0.497 e. The summed E-state index contributed by atoms with van der Waals surface area (Å²) in [7, 11) is -1.44. The molecule has 1 atom stereocenters. The lowest BCUT2D eigenvalue weighted by molar-refractivity contribution is 0.102. The van der Waals surface area contributed by atoms with Crippen LogP contribution < -0.4 is 15.4 Å². The number of carbonyl (C=O) groups excluding carboxylic acids is 1. The summed E-state index contributed by atoms with van der Waals surface area (Å²) in [4.78, 5) is 20.9. The number of hydrogen-bond donors (Lipinski definition) is 2.